The second-order valence-corrected chi connectivity index (χ2v) is 5.57. The number of hydrogen-bond acceptors (Lipinski definition) is 4. The Hall–Kier alpha value is -2.41. The van der Waals surface area contributed by atoms with Crippen molar-refractivity contribution in [3.8, 4) is 0 Å². The summed E-state index contributed by atoms with van der Waals surface area (Å²) in [5, 5.41) is 0. The predicted molar refractivity (Wildman–Crippen MR) is 87.8 cm³/mol. The maximum absolute atomic E-state index is 5.62. The quantitative estimate of drug-likeness (QED) is 0.667. The number of imidazole rings is 3. The van der Waals surface area contributed by atoms with Gasteiger partial charge in [0.25, 0.3) is 0 Å². The Bertz CT molecular complexity index is 737. The van der Waals surface area contributed by atoms with E-state index in [0.29, 0.717) is 6.54 Å². The van der Waals surface area contributed by atoms with E-state index in [1.165, 1.54) is 0 Å². The highest BCUT2D eigenvalue weighted by Crippen LogP contribution is 2.06. The average Bonchev–Trinajstić information content (AvgIpc) is 3.25. The van der Waals surface area contributed by atoms with E-state index in [2.05, 4.69) is 28.7 Å². The minimum atomic E-state index is 0.620. The molecular formula is C16H23N7. The molecule has 0 bridgehead atoms. The third-order valence-electron chi connectivity index (χ3n) is 4.04. The lowest BCUT2D eigenvalue weighted by molar-refractivity contribution is 0.579. The second kappa shape index (κ2) is 7.23. The van der Waals surface area contributed by atoms with Crippen LogP contribution in [0.1, 0.15) is 17.5 Å². The third kappa shape index (κ3) is 3.68. The Morgan fingerprint density at radius 2 is 1.30 bits per heavy atom. The molecule has 0 amide bonds. The molecule has 122 valence electrons. The van der Waals surface area contributed by atoms with Crippen molar-refractivity contribution in [1.82, 2.24) is 28.7 Å². The van der Waals surface area contributed by atoms with Gasteiger partial charge in [0, 0.05) is 76.6 Å². The summed E-state index contributed by atoms with van der Waals surface area (Å²) in [5.41, 5.74) is 5.62. The first-order valence-electron chi connectivity index (χ1n) is 7.94. The zero-order valence-electron chi connectivity index (χ0n) is 13.5. The van der Waals surface area contributed by atoms with E-state index in [0.717, 1.165) is 49.8 Å². The van der Waals surface area contributed by atoms with Crippen molar-refractivity contribution >= 4 is 0 Å². The van der Waals surface area contributed by atoms with Gasteiger partial charge in [0.05, 0.1) is 0 Å². The van der Waals surface area contributed by atoms with Crippen molar-refractivity contribution < 1.29 is 0 Å². The van der Waals surface area contributed by atoms with E-state index in [1.807, 2.05) is 44.2 Å². The van der Waals surface area contributed by atoms with E-state index in [4.69, 9.17) is 5.73 Å². The molecule has 7 nitrogen and oxygen atoms in total. The molecule has 3 heterocycles. The van der Waals surface area contributed by atoms with Crippen molar-refractivity contribution in [2.45, 2.75) is 32.4 Å². The minimum Gasteiger partial charge on any atom is -0.338 e. The van der Waals surface area contributed by atoms with Gasteiger partial charge in [-0.05, 0) is 6.54 Å². The Balaban J connectivity index is 1.60. The Labute approximate surface area is 135 Å². The van der Waals surface area contributed by atoms with Gasteiger partial charge in [-0.25, -0.2) is 15.0 Å². The van der Waals surface area contributed by atoms with Crippen LogP contribution in [0.4, 0.5) is 0 Å². The van der Waals surface area contributed by atoms with Gasteiger partial charge in [-0.15, -0.1) is 0 Å². The topological polar surface area (TPSA) is 79.5 Å². The van der Waals surface area contributed by atoms with Gasteiger partial charge < -0.3 is 19.4 Å². The van der Waals surface area contributed by atoms with Crippen LogP contribution in [0.15, 0.2) is 37.2 Å². The maximum atomic E-state index is 5.62. The molecule has 0 aliphatic rings. The Morgan fingerprint density at radius 3 is 1.87 bits per heavy atom. The van der Waals surface area contributed by atoms with Crippen LogP contribution in [0.2, 0.25) is 0 Å². The van der Waals surface area contributed by atoms with Crippen LogP contribution >= 0.6 is 0 Å². The molecule has 0 aliphatic heterocycles. The van der Waals surface area contributed by atoms with Crippen molar-refractivity contribution in [2.75, 3.05) is 6.54 Å². The van der Waals surface area contributed by atoms with Gasteiger partial charge in [0.1, 0.15) is 17.5 Å². The maximum Gasteiger partial charge on any atom is 0.110 e. The molecule has 0 saturated heterocycles. The van der Waals surface area contributed by atoms with Crippen molar-refractivity contribution in [1.29, 1.82) is 0 Å². The van der Waals surface area contributed by atoms with Crippen LogP contribution in [0.5, 0.6) is 0 Å². The predicted octanol–water partition coefficient (Wildman–Crippen LogP) is 0.800. The number of hydrogen-bond donors (Lipinski definition) is 1. The zero-order chi connectivity index (χ0) is 16.1. The Kier molecular flexibility index (Phi) is 4.87. The molecule has 0 spiro atoms. The summed E-state index contributed by atoms with van der Waals surface area (Å²) in [7, 11) is 2.02. The molecule has 2 N–H and O–H groups in total. The molecule has 23 heavy (non-hydrogen) atoms. The minimum absolute atomic E-state index is 0.620. The molecule has 0 aliphatic carbocycles. The van der Waals surface area contributed by atoms with Crippen LogP contribution in [0.25, 0.3) is 0 Å². The van der Waals surface area contributed by atoms with Crippen LogP contribution in [0.3, 0.4) is 0 Å². The Morgan fingerprint density at radius 1 is 0.783 bits per heavy atom. The van der Waals surface area contributed by atoms with Gasteiger partial charge in [0.15, 0.2) is 0 Å². The summed E-state index contributed by atoms with van der Waals surface area (Å²) < 4.78 is 6.42. The molecule has 0 radical (unpaired) electrons. The monoisotopic (exact) mass is 313 g/mol. The van der Waals surface area contributed by atoms with Gasteiger partial charge in [-0.3, -0.25) is 0 Å². The second-order valence-electron chi connectivity index (χ2n) is 5.57. The van der Waals surface area contributed by atoms with Crippen molar-refractivity contribution in [3.05, 3.63) is 54.7 Å². The number of nitrogens with zero attached hydrogens (tertiary/aromatic N) is 6. The lowest BCUT2D eigenvalue weighted by Gasteiger charge is -2.10. The number of rotatable bonds is 8. The molecule has 3 aromatic heterocycles. The van der Waals surface area contributed by atoms with E-state index in [1.54, 1.807) is 0 Å². The fourth-order valence-corrected chi connectivity index (χ4v) is 2.75. The lowest BCUT2D eigenvalue weighted by Crippen LogP contribution is -2.13. The first-order valence-corrected chi connectivity index (χ1v) is 7.94. The summed E-state index contributed by atoms with van der Waals surface area (Å²) >= 11 is 0. The normalized spacial score (nSPS) is 11.2. The molecule has 3 aromatic rings. The molecule has 3 rings (SSSR count). The van der Waals surface area contributed by atoms with Crippen molar-refractivity contribution in [3.63, 3.8) is 0 Å². The van der Waals surface area contributed by atoms with Gasteiger partial charge in [0.2, 0.25) is 0 Å². The fraction of sp³-hybridized carbons (Fsp3) is 0.438. The largest absolute Gasteiger partial charge is 0.338 e. The first-order chi connectivity index (χ1) is 11.3. The summed E-state index contributed by atoms with van der Waals surface area (Å²) in [5.74, 6) is 3.22. The number of aryl methyl sites for hydroxylation is 5. The molecule has 0 aromatic carbocycles. The smallest absolute Gasteiger partial charge is 0.110 e. The van der Waals surface area contributed by atoms with E-state index in [-0.39, 0.29) is 0 Å². The number of nitrogens with two attached hydrogens (primary N) is 1. The third-order valence-corrected chi connectivity index (χ3v) is 4.04. The highest BCUT2D eigenvalue weighted by atomic mass is 15.1. The average molecular weight is 313 g/mol. The zero-order valence-corrected chi connectivity index (χ0v) is 13.5. The lowest BCUT2D eigenvalue weighted by atomic mass is 10.3. The molecular weight excluding hydrogens is 290 g/mol. The standard InChI is InChI=1S/C16H23N7/c1-21-11-6-18-14(21)3-9-23-13-8-20-16(23)4-10-22-12-7-19-15(22)2-5-17/h6-8,11-13H,2-5,9-10,17H2,1H3. The fourth-order valence-electron chi connectivity index (χ4n) is 2.75. The van der Waals surface area contributed by atoms with Gasteiger partial charge in [-0.2, -0.15) is 0 Å². The van der Waals surface area contributed by atoms with Crippen LogP contribution in [-0.4, -0.2) is 35.2 Å². The van der Waals surface area contributed by atoms with Gasteiger partial charge in [-0.1, -0.05) is 0 Å². The van der Waals surface area contributed by atoms with E-state index in [9.17, 15) is 0 Å². The molecule has 0 atom stereocenters. The summed E-state index contributed by atoms with van der Waals surface area (Å²) in [6, 6.07) is 0. The van der Waals surface area contributed by atoms with Gasteiger partial charge >= 0.3 is 0 Å². The van der Waals surface area contributed by atoms with E-state index >= 15 is 0 Å². The SMILES string of the molecule is Cn1ccnc1CCn1ccnc1CCn1ccnc1CCN. The van der Waals surface area contributed by atoms with Crippen LogP contribution in [-0.2, 0) is 39.4 Å². The first kappa shape index (κ1) is 15.5. The molecule has 7 heteroatoms. The van der Waals surface area contributed by atoms with Crippen LogP contribution < -0.4 is 5.73 Å². The highest BCUT2D eigenvalue weighted by Gasteiger charge is 2.07. The van der Waals surface area contributed by atoms with Crippen LogP contribution in [0, 0.1) is 0 Å². The number of aromatic nitrogens is 6. The highest BCUT2D eigenvalue weighted by molar-refractivity contribution is 4.98. The summed E-state index contributed by atoms with van der Waals surface area (Å²) in [4.78, 5) is 13.2. The summed E-state index contributed by atoms with van der Waals surface area (Å²) in [6.45, 7) is 2.38. The van der Waals surface area contributed by atoms with Crippen molar-refractivity contribution in [2.24, 2.45) is 12.8 Å². The molecule has 0 unspecified atom stereocenters. The molecule has 0 fully saturated rings. The summed E-state index contributed by atoms with van der Waals surface area (Å²) in [6.07, 6.45) is 14.1. The molecule has 0 saturated carbocycles. The van der Waals surface area contributed by atoms with E-state index < -0.39 is 0 Å².